The molecule has 8 heteroatoms. The molecule has 1 aliphatic carbocycles. The zero-order valence-corrected chi connectivity index (χ0v) is 13.9. The van der Waals surface area contributed by atoms with Crippen molar-refractivity contribution < 1.29 is 28.6 Å². The van der Waals surface area contributed by atoms with Crippen LogP contribution in [0.25, 0.3) is 0 Å². The Kier molecular flexibility index (Phi) is 4.92. The summed E-state index contributed by atoms with van der Waals surface area (Å²) in [5, 5.41) is 14.4. The van der Waals surface area contributed by atoms with Gasteiger partial charge in [0.25, 0.3) is 11.8 Å². The molecule has 8 nitrogen and oxygen atoms in total. The van der Waals surface area contributed by atoms with Crippen LogP contribution in [0.1, 0.15) is 29.8 Å². The maximum Gasteiger partial charge on any atom is 0.329 e. The Labute approximate surface area is 149 Å². The molecule has 0 aliphatic heterocycles. The van der Waals surface area contributed by atoms with Crippen molar-refractivity contribution in [2.45, 2.75) is 24.8 Å². The van der Waals surface area contributed by atoms with Crippen LogP contribution in [0.4, 0.5) is 5.69 Å². The fourth-order valence-electron chi connectivity index (χ4n) is 2.64. The summed E-state index contributed by atoms with van der Waals surface area (Å²) >= 11 is 0. The van der Waals surface area contributed by atoms with Gasteiger partial charge in [0, 0.05) is 11.8 Å². The lowest BCUT2D eigenvalue weighted by Crippen LogP contribution is -2.59. The second kappa shape index (κ2) is 7.30. The van der Waals surface area contributed by atoms with Crippen molar-refractivity contribution in [3.8, 4) is 5.75 Å². The number of hydrogen-bond acceptors (Lipinski definition) is 5. The van der Waals surface area contributed by atoms with Crippen molar-refractivity contribution in [3.05, 3.63) is 48.4 Å². The maximum absolute atomic E-state index is 12.0. The van der Waals surface area contributed by atoms with E-state index in [4.69, 9.17) is 9.15 Å². The Bertz CT molecular complexity index is 811. The lowest BCUT2D eigenvalue weighted by molar-refractivity contribution is -0.152. The van der Waals surface area contributed by atoms with Gasteiger partial charge < -0.3 is 24.9 Å². The third-order valence-electron chi connectivity index (χ3n) is 4.20. The molecule has 3 N–H and O–H groups in total. The van der Waals surface area contributed by atoms with Crippen LogP contribution in [0, 0.1) is 0 Å². The van der Waals surface area contributed by atoms with Crippen molar-refractivity contribution in [1.82, 2.24) is 5.32 Å². The zero-order valence-electron chi connectivity index (χ0n) is 13.9. The SMILES string of the molecule is O=C(COc1cccc(NC(=O)c2ccco2)c1)NC1(C(=O)O)CCC1. The Hall–Kier alpha value is -3.29. The first kappa shape index (κ1) is 17.5. The van der Waals surface area contributed by atoms with Gasteiger partial charge in [0.2, 0.25) is 0 Å². The number of aliphatic carboxylic acids is 1. The van der Waals surface area contributed by atoms with E-state index in [1.807, 2.05) is 0 Å². The third kappa shape index (κ3) is 3.85. The van der Waals surface area contributed by atoms with Crippen molar-refractivity contribution in [2.24, 2.45) is 0 Å². The van der Waals surface area contributed by atoms with E-state index in [0.29, 0.717) is 24.3 Å². The summed E-state index contributed by atoms with van der Waals surface area (Å²) in [6, 6.07) is 9.67. The number of nitrogens with one attached hydrogen (secondary N) is 2. The van der Waals surface area contributed by atoms with Crippen LogP contribution in [0.5, 0.6) is 5.75 Å². The molecule has 136 valence electrons. The highest BCUT2D eigenvalue weighted by Gasteiger charge is 2.45. The van der Waals surface area contributed by atoms with Crippen molar-refractivity contribution >= 4 is 23.5 Å². The molecule has 2 aromatic rings. The van der Waals surface area contributed by atoms with Gasteiger partial charge in [-0.1, -0.05) is 6.07 Å². The molecule has 0 atom stereocenters. The predicted molar refractivity (Wildman–Crippen MR) is 91.0 cm³/mol. The molecule has 0 bridgehead atoms. The topological polar surface area (TPSA) is 118 Å². The van der Waals surface area contributed by atoms with Gasteiger partial charge in [0.15, 0.2) is 12.4 Å². The first-order valence-corrected chi connectivity index (χ1v) is 8.11. The number of carboxylic acid groups (broad SMARTS) is 1. The van der Waals surface area contributed by atoms with E-state index in [9.17, 15) is 19.5 Å². The highest BCUT2D eigenvalue weighted by atomic mass is 16.5. The second-order valence-electron chi connectivity index (χ2n) is 6.04. The molecule has 0 unspecified atom stereocenters. The predicted octanol–water partition coefficient (Wildman–Crippen LogP) is 2.03. The van der Waals surface area contributed by atoms with E-state index in [1.165, 1.54) is 6.26 Å². The summed E-state index contributed by atoms with van der Waals surface area (Å²) in [6.07, 6.45) is 3.01. The molecule has 1 fully saturated rings. The van der Waals surface area contributed by atoms with Gasteiger partial charge in [-0.25, -0.2) is 4.79 Å². The molecule has 0 spiro atoms. The molecule has 2 amide bonds. The number of benzene rings is 1. The summed E-state index contributed by atoms with van der Waals surface area (Å²) in [6.45, 7) is -0.315. The molecule has 1 saturated carbocycles. The average molecular weight is 358 g/mol. The Morgan fingerprint density at radius 2 is 2.00 bits per heavy atom. The molecule has 1 aromatic carbocycles. The molecule has 3 rings (SSSR count). The van der Waals surface area contributed by atoms with E-state index in [0.717, 1.165) is 6.42 Å². The summed E-state index contributed by atoms with van der Waals surface area (Å²) in [5.41, 5.74) is -0.690. The minimum atomic E-state index is -1.17. The quantitative estimate of drug-likeness (QED) is 0.697. The van der Waals surface area contributed by atoms with E-state index in [2.05, 4.69) is 10.6 Å². The molecular weight excluding hydrogens is 340 g/mol. The van der Waals surface area contributed by atoms with Gasteiger partial charge in [0.1, 0.15) is 11.3 Å². The molecular formula is C18H18N2O6. The minimum absolute atomic E-state index is 0.176. The fourth-order valence-corrected chi connectivity index (χ4v) is 2.64. The monoisotopic (exact) mass is 358 g/mol. The molecule has 1 heterocycles. The number of anilines is 1. The number of amides is 2. The van der Waals surface area contributed by atoms with E-state index < -0.39 is 23.3 Å². The van der Waals surface area contributed by atoms with Crippen LogP contribution >= 0.6 is 0 Å². The average Bonchev–Trinajstić information content (AvgIpc) is 3.11. The van der Waals surface area contributed by atoms with Crippen molar-refractivity contribution in [1.29, 1.82) is 0 Å². The van der Waals surface area contributed by atoms with Crippen LogP contribution in [0.3, 0.4) is 0 Å². The van der Waals surface area contributed by atoms with E-state index in [1.54, 1.807) is 36.4 Å². The van der Waals surface area contributed by atoms with Gasteiger partial charge in [-0.15, -0.1) is 0 Å². The highest BCUT2D eigenvalue weighted by molar-refractivity contribution is 6.02. The standard InChI is InChI=1S/C18H18N2O6/c21-15(20-18(17(23)24)7-3-8-18)11-26-13-5-1-4-12(10-13)19-16(22)14-6-2-9-25-14/h1-2,4-6,9-10H,3,7-8,11H2,(H,19,22)(H,20,21)(H,23,24). The number of rotatable bonds is 7. The van der Waals surface area contributed by atoms with Gasteiger partial charge in [0.05, 0.1) is 6.26 Å². The number of carboxylic acids is 1. The smallest absolute Gasteiger partial charge is 0.329 e. The Morgan fingerprint density at radius 3 is 2.62 bits per heavy atom. The molecule has 0 radical (unpaired) electrons. The maximum atomic E-state index is 12.0. The van der Waals surface area contributed by atoms with Crippen molar-refractivity contribution in [2.75, 3.05) is 11.9 Å². The highest BCUT2D eigenvalue weighted by Crippen LogP contribution is 2.32. The van der Waals surface area contributed by atoms with Crippen LogP contribution in [-0.4, -0.2) is 35.0 Å². The van der Waals surface area contributed by atoms with E-state index in [-0.39, 0.29) is 12.4 Å². The van der Waals surface area contributed by atoms with Gasteiger partial charge in [-0.3, -0.25) is 9.59 Å². The number of carbonyl (C=O) groups excluding carboxylic acids is 2. The number of furan rings is 1. The molecule has 1 aliphatic rings. The van der Waals surface area contributed by atoms with Gasteiger partial charge >= 0.3 is 5.97 Å². The zero-order chi connectivity index (χ0) is 18.6. The Morgan fingerprint density at radius 1 is 1.19 bits per heavy atom. The summed E-state index contributed by atoms with van der Waals surface area (Å²) in [5.74, 6) is -1.39. The Balaban J connectivity index is 1.54. The van der Waals surface area contributed by atoms with Gasteiger partial charge in [-0.05, 0) is 43.5 Å². The number of ether oxygens (including phenoxy) is 1. The van der Waals surface area contributed by atoms with Crippen LogP contribution in [-0.2, 0) is 9.59 Å². The van der Waals surface area contributed by atoms with Crippen LogP contribution < -0.4 is 15.4 Å². The molecule has 0 saturated heterocycles. The van der Waals surface area contributed by atoms with Crippen LogP contribution in [0.15, 0.2) is 47.1 Å². The summed E-state index contributed by atoms with van der Waals surface area (Å²) in [7, 11) is 0. The fraction of sp³-hybridized carbons (Fsp3) is 0.278. The minimum Gasteiger partial charge on any atom is -0.484 e. The van der Waals surface area contributed by atoms with E-state index >= 15 is 0 Å². The first-order valence-electron chi connectivity index (χ1n) is 8.11. The van der Waals surface area contributed by atoms with Gasteiger partial charge in [-0.2, -0.15) is 0 Å². The lowest BCUT2D eigenvalue weighted by Gasteiger charge is -2.38. The number of carbonyl (C=O) groups is 3. The summed E-state index contributed by atoms with van der Waals surface area (Å²) in [4.78, 5) is 35.2. The number of hydrogen-bond donors (Lipinski definition) is 3. The van der Waals surface area contributed by atoms with Crippen molar-refractivity contribution in [3.63, 3.8) is 0 Å². The molecule has 1 aromatic heterocycles. The van der Waals surface area contributed by atoms with Crippen LogP contribution in [0.2, 0.25) is 0 Å². The first-order chi connectivity index (χ1) is 12.5. The normalized spacial score (nSPS) is 14.8. The lowest BCUT2D eigenvalue weighted by atomic mass is 9.77. The largest absolute Gasteiger partial charge is 0.484 e. The third-order valence-corrected chi connectivity index (χ3v) is 4.20. The second-order valence-corrected chi connectivity index (χ2v) is 6.04. The summed E-state index contributed by atoms with van der Waals surface area (Å²) < 4.78 is 10.4. The molecule has 26 heavy (non-hydrogen) atoms.